The van der Waals surface area contributed by atoms with Crippen LogP contribution in [0.5, 0.6) is 0 Å². The van der Waals surface area contributed by atoms with E-state index < -0.39 is 17.3 Å². The second kappa shape index (κ2) is 7.23. The molecular formula is C18H22BrNO4. The lowest BCUT2D eigenvalue weighted by Crippen LogP contribution is -2.53. The van der Waals surface area contributed by atoms with E-state index in [1.54, 1.807) is 4.90 Å². The zero-order chi connectivity index (χ0) is 17.2. The molecule has 130 valence electrons. The molecule has 2 aliphatic rings. The van der Waals surface area contributed by atoms with Gasteiger partial charge in [-0.15, -0.1) is 0 Å². The van der Waals surface area contributed by atoms with Gasteiger partial charge in [0.25, 0.3) is 0 Å². The zero-order valence-corrected chi connectivity index (χ0v) is 15.1. The minimum absolute atomic E-state index is 0.0547. The highest BCUT2D eigenvalue weighted by atomic mass is 79.9. The van der Waals surface area contributed by atoms with Gasteiger partial charge >= 0.3 is 5.97 Å². The monoisotopic (exact) mass is 395 g/mol. The predicted octanol–water partition coefficient (Wildman–Crippen LogP) is 2.82. The van der Waals surface area contributed by atoms with Crippen molar-refractivity contribution in [1.29, 1.82) is 0 Å². The molecule has 1 aromatic rings. The van der Waals surface area contributed by atoms with Gasteiger partial charge in [0.05, 0.1) is 11.3 Å². The van der Waals surface area contributed by atoms with Crippen molar-refractivity contribution in [3.63, 3.8) is 0 Å². The number of amides is 1. The number of halogens is 1. The van der Waals surface area contributed by atoms with E-state index in [2.05, 4.69) is 15.9 Å². The number of nitrogens with zero attached hydrogens (tertiary/aromatic N) is 1. The topological polar surface area (TPSA) is 66.8 Å². The molecule has 0 unspecified atom stereocenters. The molecule has 2 saturated heterocycles. The van der Waals surface area contributed by atoms with E-state index in [4.69, 9.17) is 4.74 Å². The highest BCUT2D eigenvalue weighted by molar-refractivity contribution is 9.10. The zero-order valence-electron chi connectivity index (χ0n) is 13.5. The van der Waals surface area contributed by atoms with E-state index in [9.17, 15) is 14.7 Å². The van der Waals surface area contributed by atoms with E-state index in [0.29, 0.717) is 45.6 Å². The van der Waals surface area contributed by atoms with E-state index in [1.165, 1.54) is 0 Å². The first-order valence-electron chi connectivity index (χ1n) is 8.39. The maximum absolute atomic E-state index is 13.4. The molecule has 0 spiro atoms. The number of carboxylic acid groups (broad SMARTS) is 1. The Morgan fingerprint density at radius 3 is 2.50 bits per heavy atom. The first-order chi connectivity index (χ1) is 11.5. The van der Waals surface area contributed by atoms with Crippen LogP contribution in [0.25, 0.3) is 0 Å². The summed E-state index contributed by atoms with van der Waals surface area (Å²) in [7, 11) is 0. The maximum Gasteiger partial charge on any atom is 0.308 e. The summed E-state index contributed by atoms with van der Waals surface area (Å²) in [6.07, 6.45) is 2.67. The van der Waals surface area contributed by atoms with Gasteiger partial charge in [0, 0.05) is 30.8 Å². The van der Waals surface area contributed by atoms with Crippen LogP contribution in [0.1, 0.15) is 31.2 Å². The first-order valence-corrected chi connectivity index (χ1v) is 9.18. The minimum atomic E-state index is -0.808. The second-order valence-corrected chi connectivity index (χ2v) is 7.55. The van der Waals surface area contributed by atoms with Crippen LogP contribution in [0.2, 0.25) is 0 Å². The van der Waals surface area contributed by atoms with Crippen molar-refractivity contribution >= 4 is 27.8 Å². The van der Waals surface area contributed by atoms with Gasteiger partial charge in [0.1, 0.15) is 0 Å². The number of carboxylic acids is 1. The van der Waals surface area contributed by atoms with E-state index in [-0.39, 0.29) is 5.91 Å². The van der Waals surface area contributed by atoms with Crippen LogP contribution in [0.15, 0.2) is 28.7 Å². The average Bonchev–Trinajstić information content (AvgIpc) is 2.62. The lowest BCUT2D eigenvalue weighted by molar-refractivity contribution is -0.149. The van der Waals surface area contributed by atoms with Crippen LogP contribution in [-0.4, -0.2) is 48.2 Å². The van der Waals surface area contributed by atoms with Gasteiger partial charge in [-0.3, -0.25) is 9.59 Å². The Labute approximate surface area is 150 Å². The Bertz CT molecular complexity index is 610. The molecule has 0 bridgehead atoms. The Kier molecular flexibility index (Phi) is 5.25. The summed E-state index contributed by atoms with van der Waals surface area (Å²) in [5, 5.41) is 9.30. The Balaban J connectivity index is 1.89. The molecule has 6 heteroatoms. The van der Waals surface area contributed by atoms with Crippen molar-refractivity contribution in [2.24, 2.45) is 5.92 Å². The third-order valence-electron chi connectivity index (χ3n) is 5.21. The molecule has 0 aromatic heterocycles. The number of aliphatic carboxylic acids is 1. The standard InChI is InChI=1S/C18H22BrNO4/c19-15-5-3-14(4-6-15)18(7-10-24-11-8-18)17(23)20-9-1-2-13(12-20)16(21)22/h3-6,13H,1-2,7-12H2,(H,21,22)/t13-/m1/s1. The SMILES string of the molecule is O=C(O)[C@@H]1CCCN(C(=O)C2(c3ccc(Br)cc3)CCOCC2)C1. The Morgan fingerprint density at radius 2 is 1.88 bits per heavy atom. The fourth-order valence-electron chi connectivity index (χ4n) is 3.78. The van der Waals surface area contributed by atoms with Crippen molar-refractivity contribution in [1.82, 2.24) is 4.90 Å². The molecule has 0 radical (unpaired) electrons. The second-order valence-electron chi connectivity index (χ2n) is 6.63. The number of carbonyl (C=O) groups excluding carboxylic acids is 1. The highest BCUT2D eigenvalue weighted by Crippen LogP contribution is 2.38. The molecule has 2 aliphatic heterocycles. The quantitative estimate of drug-likeness (QED) is 0.854. The van der Waals surface area contributed by atoms with E-state index in [1.807, 2.05) is 24.3 Å². The number of likely N-dealkylation sites (tertiary alicyclic amines) is 1. The number of rotatable bonds is 3. The van der Waals surface area contributed by atoms with E-state index >= 15 is 0 Å². The number of carbonyl (C=O) groups is 2. The van der Waals surface area contributed by atoms with Gasteiger partial charge in [0.2, 0.25) is 5.91 Å². The molecule has 3 rings (SSSR count). The number of benzene rings is 1. The highest BCUT2D eigenvalue weighted by Gasteiger charge is 2.45. The third kappa shape index (κ3) is 3.35. The van der Waals surface area contributed by atoms with Gasteiger partial charge < -0.3 is 14.7 Å². The molecule has 5 nitrogen and oxygen atoms in total. The van der Waals surface area contributed by atoms with Crippen molar-refractivity contribution in [3.8, 4) is 0 Å². The number of ether oxygens (including phenoxy) is 1. The predicted molar refractivity (Wildman–Crippen MR) is 92.8 cm³/mol. The molecule has 2 heterocycles. The van der Waals surface area contributed by atoms with Gasteiger partial charge in [-0.05, 0) is 43.4 Å². The molecule has 1 amide bonds. The molecule has 1 N–H and O–H groups in total. The smallest absolute Gasteiger partial charge is 0.308 e. The minimum Gasteiger partial charge on any atom is -0.481 e. The normalized spacial score (nSPS) is 23.7. The Hall–Kier alpha value is -1.40. The van der Waals surface area contributed by atoms with Crippen molar-refractivity contribution < 1.29 is 19.4 Å². The number of piperidine rings is 1. The van der Waals surface area contributed by atoms with Crippen molar-refractivity contribution in [3.05, 3.63) is 34.3 Å². The van der Waals surface area contributed by atoms with Crippen LogP contribution in [0.3, 0.4) is 0 Å². The summed E-state index contributed by atoms with van der Waals surface area (Å²) in [6.45, 7) is 2.06. The summed E-state index contributed by atoms with van der Waals surface area (Å²) in [4.78, 5) is 26.5. The van der Waals surface area contributed by atoms with Gasteiger partial charge in [-0.25, -0.2) is 0 Å². The number of hydrogen-bond acceptors (Lipinski definition) is 3. The molecule has 1 atom stereocenters. The molecule has 0 aliphatic carbocycles. The lowest BCUT2D eigenvalue weighted by atomic mass is 9.72. The average molecular weight is 396 g/mol. The summed E-state index contributed by atoms with van der Waals surface area (Å²) in [6, 6.07) is 7.89. The molecule has 1 aromatic carbocycles. The molecule has 0 saturated carbocycles. The fourth-order valence-corrected chi connectivity index (χ4v) is 4.04. The van der Waals surface area contributed by atoms with Crippen LogP contribution in [-0.2, 0) is 19.7 Å². The van der Waals surface area contributed by atoms with Crippen LogP contribution < -0.4 is 0 Å². The molecule has 24 heavy (non-hydrogen) atoms. The molecular weight excluding hydrogens is 374 g/mol. The van der Waals surface area contributed by atoms with E-state index in [0.717, 1.165) is 16.5 Å². The van der Waals surface area contributed by atoms with Gasteiger partial charge in [-0.1, -0.05) is 28.1 Å². The Morgan fingerprint density at radius 1 is 1.21 bits per heavy atom. The van der Waals surface area contributed by atoms with Crippen molar-refractivity contribution in [2.45, 2.75) is 31.1 Å². The van der Waals surface area contributed by atoms with Crippen molar-refractivity contribution in [2.75, 3.05) is 26.3 Å². The van der Waals surface area contributed by atoms with Crippen LogP contribution >= 0.6 is 15.9 Å². The largest absolute Gasteiger partial charge is 0.481 e. The third-order valence-corrected chi connectivity index (χ3v) is 5.74. The summed E-state index contributed by atoms with van der Waals surface area (Å²) < 4.78 is 6.47. The number of hydrogen-bond donors (Lipinski definition) is 1. The van der Waals surface area contributed by atoms with Gasteiger partial charge in [-0.2, -0.15) is 0 Å². The van der Waals surface area contributed by atoms with Crippen LogP contribution in [0.4, 0.5) is 0 Å². The summed E-state index contributed by atoms with van der Waals surface area (Å²) in [5.74, 6) is -1.21. The van der Waals surface area contributed by atoms with Crippen LogP contribution in [0, 0.1) is 5.92 Å². The first kappa shape index (κ1) is 17.4. The van der Waals surface area contributed by atoms with Gasteiger partial charge in [0.15, 0.2) is 0 Å². The lowest BCUT2D eigenvalue weighted by Gasteiger charge is -2.42. The maximum atomic E-state index is 13.4. The fraction of sp³-hybridized carbons (Fsp3) is 0.556. The summed E-state index contributed by atoms with van der Waals surface area (Å²) in [5.41, 5.74) is 0.399. The summed E-state index contributed by atoms with van der Waals surface area (Å²) >= 11 is 3.44. The molecule has 2 fully saturated rings.